The number of rotatable bonds is 6. The number of hydrogen-bond donors (Lipinski definition) is 1. The highest BCUT2D eigenvalue weighted by atomic mass is 19.4. The number of carbonyl (C=O) groups is 2. The molecule has 0 aromatic heterocycles. The number of halogens is 3. The highest BCUT2D eigenvalue weighted by Gasteiger charge is 2.43. The highest BCUT2D eigenvalue weighted by molar-refractivity contribution is 5.89. The molecular formula is C27H35F3N2O3. The second-order valence-corrected chi connectivity index (χ2v) is 8.44. The first-order valence-electron chi connectivity index (χ1n) is 12.1. The lowest BCUT2D eigenvalue weighted by atomic mass is 10.0. The number of amides is 1. The van der Waals surface area contributed by atoms with Crippen LogP contribution in [0.2, 0.25) is 0 Å². The Kier molecular flexibility index (Phi) is 10.8. The largest absolute Gasteiger partial charge is 0.465 e. The van der Waals surface area contributed by atoms with E-state index in [0.717, 1.165) is 50.0 Å². The summed E-state index contributed by atoms with van der Waals surface area (Å²) < 4.78 is 41.7. The first kappa shape index (κ1) is 28.4. The van der Waals surface area contributed by atoms with Gasteiger partial charge in [0, 0.05) is 6.54 Å². The van der Waals surface area contributed by atoms with E-state index in [0.29, 0.717) is 5.56 Å². The van der Waals surface area contributed by atoms with E-state index in [1.807, 2.05) is 26.0 Å². The number of piperidine rings is 1. The minimum absolute atomic E-state index is 0.198. The van der Waals surface area contributed by atoms with Gasteiger partial charge < -0.3 is 10.1 Å². The first-order valence-corrected chi connectivity index (χ1v) is 12.1. The Bertz CT molecular complexity index is 918. The number of esters is 1. The molecule has 1 aliphatic carbocycles. The normalized spacial score (nSPS) is 16.5. The Hall–Kier alpha value is -2.87. The topological polar surface area (TPSA) is 58.6 Å². The minimum atomic E-state index is -4.23. The second kappa shape index (κ2) is 13.3. The standard InChI is InChI=1S/C13H16F3N.C12H13NO3.C2H6/c14-13(15,16)12-6-4-11(5-7-12)10-17-8-2-1-3-9-17;1-16-11(15)9-2-4-10(5-3-9)12(6-7-12)13-8-14;1-2/h4-7H,1-3,8-10H2;2-5,8H,6-7H2,1H3,(H,13,14);1-2H3. The Morgan fingerprint density at radius 2 is 1.57 bits per heavy atom. The van der Waals surface area contributed by atoms with Crippen molar-refractivity contribution in [2.45, 2.75) is 64.2 Å². The quantitative estimate of drug-likeness (QED) is 0.401. The van der Waals surface area contributed by atoms with Gasteiger partial charge >= 0.3 is 12.1 Å². The summed E-state index contributed by atoms with van der Waals surface area (Å²) >= 11 is 0. The minimum Gasteiger partial charge on any atom is -0.465 e. The molecule has 8 heteroatoms. The number of alkyl halides is 3. The van der Waals surface area contributed by atoms with E-state index in [4.69, 9.17) is 0 Å². The van der Waals surface area contributed by atoms with Gasteiger partial charge in [-0.2, -0.15) is 13.2 Å². The van der Waals surface area contributed by atoms with Gasteiger partial charge in [0.15, 0.2) is 0 Å². The van der Waals surface area contributed by atoms with Gasteiger partial charge in [0.2, 0.25) is 6.41 Å². The number of benzene rings is 2. The van der Waals surface area contributed by atoms with Crippen molar-refractivity contribution in [3.63, 3.8) is 0 Å². The number of likely N-dealkylation sites (tertiary alicyclic amines) is 1. The fourth-order valence-corrected chi connectivity index (χ4v) is 3.97. The lowest BCUT2D eigenvalue weighted by Crippen LogP contribution is -2.29. The average Bonchev–Trinajstić information content (AvgIpc) is 3.67. The summed E-state index contributed by atoms with van der Waals surface area (Å²) in [5, 5.41) is 2.82. The number of nitrogens with one attached hydrogen (secondary N) is 1. The molecule has 1 heterocycles. The lowest BCUT2D eigenvalue weighted by molar-refractivity contribution is -0.137. The summed E-state index contributed by atoms with van der Waals surface area (Å²) in [6.45, 7) is 6.88. The molecule has 2 aliphatic rings. The Labute approximate surface area is 205 Å². The molecular weight excluding hydrogens is 457 g/mol. The third-order valence-electron chi connectivity index (χ3n) is 6.08. The molecule has 1 N–H and O–H groups in total. The van der Waals surface area contributed by atoms with Crippen LogP contribution in [0.5, 0.6) is 0 Å². The summed E-state index contributed by atoms with van der Waals surface area (Å²) in [4.78, 5) is 24.0. The van der Waals surface area contributed by atoms with Crippen LogP contribution in [0.1, 0.15) is 73.0 Å². The number of methoxy groups -OCH3 is 1. The van der Waals surface area contributed by atoms with E-state index >= 15 is 0 Å². The molecule has 1 amide bonds. The zero-order valence-electron chi connectivity index (χ0n) is 20.7. The van der Waals surface area contributed by atoms with Crippen molar-refractivity contribution in [2.24, 2.45) is 0 Å². The molecule has 0 unspecified atom stereocenters. The Balaban J connectivity index is 0.000000231. The maximum absolute atomic E-state index is 12.4. The second-order valence-electron chi connectivity index (χ2n) is 8.44. The number of nitrogens with zero attached hydrogens (tertiary/aromatic N) is 1. The van der Waals surface area contributed by atoms with Gasteiger partial charge in [0.05, 0.1) is 23.8 Å². The molecule has 1 saturated heterocycles. The first-order chi connectivity index (χ1) is 16.8. The maximum atomic E-state index is 12.4. The molecule has 1 saturated carbocycles. The summed E-state index contributed by atoms with van der Waals surface area (Å²) in [5.41, 5.74) is 1.75. The van der Waals surface area contributed by atoms with E-state index < -0.39 is 11.7 Å². The van der Waals surface area contributed by atoms with Crippen LogP contribution in [-0.4, -0.2) is 37.5 Å². The third kappa shape index (κ3) is 8.38. The number of ether oxygens (including phenoxy) is 1. The highest BCUT2D eigenvalue weighted by Crippen LogP contribution is 2.45. The molecule has 0 radical (unpaired) electrons. The molecule has 5 nitrogen and oxygen atoms in total. The Morgan fingerprint density at radius 3 is 2.03 bits per heavy atom. The Morgan fingerprint density at radius 1 is 1.00 bits per heavy atom. The van der Waals surface area contributed by atoms with Crippen molar-refractivity contribution in [3.05, 3.63) is 70.8 Å². The molecule has 0 atom stereocenters. The van der Waals surface area contributed by atoms with E-state index in [2.05, 4.69) is 15.0 Å². The zero-order valence-corrected chi connectivity index (χ0v) is 20.7. The molecule has 35 heavy (non-hydrogen) atoms. The van der Waals surface area contributed by atoms with Crippen LogP contribution >= 0.6 is 0 Å². The molecule has 0 bridgehead atoms. The molecule has 2 aromatic rings. The van der Waals surface area contributed by atoms with Gasteiger partial charge in [-0.05, 0) is 74.2 Å². The van der Waals surface area contributed by atoms with Gasteiger partial charge in [-0.15, -0.1) is 0 Å². The van der Waals surface area contributed by atoms with Crippen LogP contribution in [0.4, 0.5) is 13.2 Å². The predicted octanol–water partition coefficient (Wildman–Crippen LogP) is 5.93. The van der Waals surface area contributed by atoms with Gasteiger partial charge in [-0.1, -0.05) is 44.5 Å². The molecule has 4 rings (SSSR count). The van der Waals surface area contributed by atoms with E-state index in [1.54, 1.807) is 24.3 Å². The van der Waals surface area contributed by atoms with Crippen LogP contribution in [0.3, 0.4) is 0 Å². The average molecular weight is 493 g/mol. The van der Waals surface area contributed by atoms with Crippen LogP contribution < -0.4 is 5.32 Å². The maximum Gasteiger partial charge on any atom is 0.416 e. The van der Waals surface area contributed by atoms with Gasteiger partial charge in [-0.3, -0.25) is 9.69 Å². The summed E-state index contributed by atoms with van der Waals surface area (Å²) in [6, 6.07) is 12.6. The fraction of sp³-hybridized carbons (Fsp3) is 0.481. The molecule has 1 aliphatic heterocycles. The van der Waals surface area contributed by atoms with Crippen LogP contribution in [0, 0.1) is 0 Å². The molecule has 2 aromatic carbocycles. The van der Waals surface area contributed by atoms with Gasteiger partial charge in [0.1, 0.15) is 0 Å². The van der Waals surface area contributed by atoms with Crippen molar-refractivity contribution >= 4 is 12.4 Å². The predicted molar refractivity (Wildman–Crippen MR) is 130 cm³/mol. The zero-order chi connectivity index (χ0) is 25.9. The van der Waals surface area contributed by atoms with Gasteiger partial charge in [-0.25, -0.2) is 4.79 Å². The monoisotopic (exact) mass is 492 g/mol. The van der Waals surface area contributed by atoms with Crippen molar-refractivity contribution in [1.29, 1.82) is 0 Å². The van der Waals surface area contributed by atoms with Crippen LogP contribution in [0.25, 0.3) is 0 Å². The number of carbonyl (C=O) groups excluding carboxylic acids is 2. The lowest BCUT2D eigenvalue weighted by Gasteiger charge is -2.26. The summed E-state index contributed by atoms with van der Waals surface area (Å²) in [7, 11) is 1.35. The SMILES string of the molecule is CC.COC(=O)c1ccc(C2(NC=O)CC2)cc1.FC(F)(F)c1ccc(CN2CCCCC2)cc1. The van der Waals surface area contributed by atoms with E-state index in [9.17, 15) is 22.8 Å². The fourth-order valence-electron chi connectivity index (χ4n) is 3.97. The van der Waals surface area contributed by atoms with Crippen molar-refractivity contribution in [1.82, 2.24) is 10.2 Å². The van der Waals surface area contributed by atoms with Crippen molar-refractivity contribution < 1.29 is 27.5 Å². The number of hydrogen-bond acceptors (Lipinski definition) is 4. The summed E-state index contributed by atoms with van der Waals surface area (Å²) in [6.07, 6.45) is 2.04. The molecule has 192 valence electrons. The van der Waals surface area contributed by atoms with Crippen molar-refractivity contribution in [2.75, 3.05) is 20.2 Å². The molecule has 2 fully saturated rings. The van der Waals surface area contributed by atoms with E-state index in [-0.39, 0.29) is 11.5 Å². The van der Waals surface area contributed by atoms with Crippen LogP contribution in [-0.2, 0) is 27.8 Å². The van der Waals surface area contributed by atoms with Crippen molar-refractivity contribution in [3.8, 4) is 0 Å². The van der Waals surface area contributed by atoms with Gasteiger partial charge in [0.25, 0.3) is 0 Å². The molecule has 0 spiro atoms. The van der Waals surface area contributed by atoms with Crippen LogP contribution in [0.15, 0.2) is 48.5 Å². The third-order valence-corrected chi connectivity index (χ3v) is 6.08. The summed E-state index contributed by atoms with van der Waals surface area (Å²) in [5.74, 6) is -0.347. The smallest absolute Gasteiger partial charge is 0.416 e. The van der Waals surface area contributed by atoms with E-state index in [1.165, 1.54) is 38.5 Å².